The number of amides is 3. The largest absolute Gasteiger partial charge is 0.460 e. The van der Waals surface area contributed by atoms with E-state index in [2.05, 4.69) is 16.0 Å². The first-order chi connectivity index (χ1) is 23.4. The van der Waals surface area contributed by atoms with Gasteiger partial charge in [0.2, 0.25) is 23.5 Å². The number of thioether (sulfide) groups is 1. The third kappa shape index (κ3) is 12.9. The van der Waals surface area contributed by atoms with Crippen molar-refractivity contribution in [1.29, 1.82) is 5.41 Å². The van der Waals surface area contributed by atoms with Crippen LogP contribution < -0.4 is 16.0 Å². The molecule has 272 valence electrons. The Balaban J connectivity index is 1.72. The van der Waals surface area contributed by atoms with Gasteiger partial charge in [0.15, 0.2) is 0 Å². The van der Waals surface area contributed by atoms with Gasteiger partial charge in [-0.1, -0.05) is 54.6 Å². The zero-order chi connectivity index (χ0) is 37.1. The Kier molecular flexibility index (Phi) is 14.1. The van der Waals surface area contributed by atoms with Crippen LogP contribution in [0.5, 0.6) is 0 Å². The molecular weight excluding hydrogens is 664 g/mol. The highest BCUT2D eigenvalue weighted by molar-refractivity contribution is 8.13. The molecule has 0 unspecified atom stereocenters. The number of carbonyl (C=O) groups excluding carboxylic acids is 5. The van der Waals surface area contributed by atoms with Crippen LogP contribution in [-0.2, 0) is 55.1 Å². The summed E-state index contributed by atoms with van der Waals surface area (Å²) in [5.41, 5.74) is 0.338. The van der Waals surface area contributed by atoms with Gasteiger partial charge in [-0.2, -0.15) is 0 Å². The van der Waals surface area contributed by atoms with Crippen molar-refractivity contribution in [2.75, 3.05) is 26.0 Å². The fourth-order valence-electron chi connectivity index (χ4n) is 4.96. The van der Waals surface area contributed by atoms with Gasteiger partial charge >= 0.3 is 11.9 Å². The molecule has 1 heterocycles. The van der Waals surface area contributed by atoms with Crippen LogP contribution in [0.25, 0.3) is 0 Å². The Hall–Kier alpha value is -4.27. The predicted octanol–water partition coefficient (Wildman–Crippen LogP) is 3.37. The molecule has 0 aliphatic carbocycles. The second kappa shape index (κ2) is 17.6. The van der Waals surface area contributed by atoms with Crippen LogP contribution in [0.3, 0.4) is 0 Å². The van der Waals surface area contributed by atoms with Gasteiger partial charge in [0.05, 0.1) is 37.6 Å². The van der Waals surface area contributed by atoms with Crippen LogP contribution in [0.1, 0.15) is 71.1 Å². The molecule has 0 radical (unpaired) electrons. The summed E-state index contributed by atoms with van der Waals surface area (Å²) in [4.78, 5) is 65.8. The first-order valence-electron chi connectivity index (χ1n) is 16.3. The molecule has 3 rings (SSSR count). The van der Waals surface area contributed by atoms with Crippen molar-refractivity contribution in [1.82, 2.24) is 16.0 Å². The standard InChI is InChI=1S/C36H48N4O9S/c1-34(2,3)48-30(43)20-26(32(44)40-27(33(45)49-35(4,5)6)19-23-11-9-8-10-12-23)39-29(42)22-38-28(41)21-36(46-17-18-47-36)25-15-13-24(14-16-25)31(37)50-7/h8-16,26-27,37H,17-22H2,1-7H3,(H,38,41)(H,39,42)(H,40,44)/t26-,27-/m0/s1. The van der Waals surface area contributed by atoms with Crippen LogP contribution >= 0.6 is 11.8 Å². The highest BCUT2D eigenvalue weighted by Gasteiger charge is 2.41. The van der Waals surface area contributed by atoms with Gasteiger partial charge in [-0.15, -0.1) is 11.8 Å². The molecular formula is C36H48N4O9S. The predicted molar refractivity (Wildman–Crippen MR) is 188 cm³/mol. The number of nitrogens with one attached hydrogen (secondary N) is 4. The SMILES string of the molecule is CSC(=N)c1ccc(C2(CC(=O)NCC(=O)N[C@@H](CC(=O)OC(C)(C)C)C(=O)N[C@@H](Cc3ccccc3)C(=O)OC(C)(C)C)OCCO2)cc1. The van der Waals surface area contributed by atoms with E-state index in [9.17, 15) is 24.0 Å². The third-order valence-corrected chi connectivity index (χ3v) is 7.76. The van der Waals surface area contributed by atoms with E-state index in [0.29, 0.717) is 16.2 Å². The first kappa shape index (κ1) is 40.2. The van der Waals surface area contributed by atoms with E-state index < -0.39 is 71.7 Å². The van der Waals surface area contributed by atoms with E-state index in [1.807, 2.05) is 6.07 Å². The molecule has 50 heavy (non-hydrogen) atoms. The lowest BCUT2D eigenvalue weighted by molar-refractivity contribution is -0.177. The molecule has 2 atom stereocenters. The van der Waals surface area contributed by atoms with Crippen LogP contribution in [0.2, 0.25) is 0 Å². The van der Waals surface area contributed by atoms with Crippen LogP contribution in [-0.4, -0.2) is 84.0 Å². The molecule has 1 fully saturated rings. The van der Waals surface area contributed by atoms with Gasteiger partial charge in [-0.05, 0) is 53.4 Å². The van der Waals surface area contributed by atoms with E-state index >= 15 is 0 Å². The lowest BCUT2D eigenvalue weighted by Crippen LogP contribution is -2.55. The van der Waals surface area contributed by atoms with Gasteiger partial charge in [0.25, 0.3) is 0 Å². The minimum atomic E-state index is -1.44. The Labute approximate surface area is 297 Å². The summed E-state index contributed by atoms with van der Waals surface area (Å²) >= 11 is 1.30. The number of benzene rings is 2. The average Bonchev–Trinajstić information content (AvgIpc) is 3.51. The fourth-order valence-corrected chi connectivity index (χ4v) is 5.34. The van der Waals surface area contributed by atoms with E-state index in [-0.39, 0.29) is 26.1 Å². The molecule has 4 N–H and O–H groups in total. The number of esters is 2. The number of ether oxygens (including phenoxy) is 4. The zero-order valence-corrected chi connectivity index (χ0v) is 30.5. The van der Waals surface area contributed by atoms with Crippen molar-refractivity contribution in [3.8, 4) is 0 Å². The van der Waals surface area contributed by atoms with Crippen LogP contribution in [0.4, 0.5) is 0 Å². The van der Waals surface area contributed by atoms with E-state index in [1.54, 1.807) is 96.3 Å². The van der Waals surface area contributed by atoms with E-state index in [1.165, 1.54) is 11.8 Å². The normalized spacial score (nSPS) is 15.3. The lowest BCUT2D eigenvalue weighted by Gasteiger charge is -2.28. The highest BCUT2D eigenvalue weighted by atomic mass is 32.2. The number of hydrogen-bond acceptors (Lipinski definition) is 11. The van der Waals surface area contributed by atoms with E-state index in [4.69, 9.17) is 24.4 Å². The van der Waals surface area contributed by atoms with Crippen molar-refractivity contribution < 1.29 is 42.9 Å². The minimum absolute atomic E-state index is 0.0966. The summed E-state index contributed by atoms with van der Waals surface area (Å²) in [5.74, 6) is -4.96. The highest BCUT2D eigenvalue weighted by Crippen LogP contribution is 2.35. The Morgan fingerprint density at radius 1 is 0.840 bits per heavy atom. The van der Waals surface area contributed by atoms with Gasteiger partial charge in [0.1, 0.15) is 23.3 Å². The van der Waals surface area contributed by atoms with Gasteiger partial charge in [-0.25, -0.2) is 4.79 Å². The molecule has 0 bridgehead atoms. The van der Waals surface area contributed by atoms with Crippen molar-refractivity contribution in [3.63, 3.8) is 0 Å². The number of rotatable bonds is 14. The molecule has 0 saturated carbocycles. The Morgan fingerprint density at radius 2 is 1.44 bits per heavy atom. The molecule has 1 saturated heterocycles. The maximum absolute atomic E-state index is 13.6. The monoisotopic (exact) mass is 712 g/mol. The van der Waals surface area contributed by atoms with Crippen molar-refractivity contribution in [3.05, 3.63) is 71.3 Å². The summed E-state index contributed by atoms with van der Waals surface area (Å²) in [6.45, 7) is 10.1. The number of carbonyl (C=O) groups is 5. The summed E-state index contributed by atoms with van der Waals surface area (Å²) in [6.07, 6.45) is 1.10. The fraction of sp³-hybridized carbons (Fsp3) is 0.500. The summed E-state index contributed by atoms with van der Waals surface area (Å²) in [5, 5.41) is 16.1. The Morgan fingerprint density at radius 3 is 2.00 bits per heavy atom. The Bertz CT molecular complexity index is 1510. The summed E-state index contributed by atoms with van der Waals surface area (Å²) in [7, 11) is 0. The molecule has 2 aromatic carbocycles. The maximum atomic E-state index is 13.6. The molecule has 13 nitrogen and oxygen atoms in total. The van der Waals surface area contributed by atoms with Gasteiger partial charge in [-0.3, -0.25) is 24.6 Å². The topological polar surface area (TPSA) is 182 Å². The van der Waals surface area contributed by atoms with Crippen LogP contribution in [0, 0.1) is 5.41 Å². The second-order valence-electron chi connectivity index (χ2n) is 13.7. The lowest BCUT2D eigenvalue weighted by atomic mass is 10.0. The molecule has 0 aromatic heterocycles. The molecule has 1 aliphatic heterocycles. The zero-order valence-electron chi connectivity index (χ0n) is 29.7. The maximum Gasteiger partial charge on any atom is 0.329 e. The molecule has 14 heteroatoms. The third-order valence-electron chi connectivity index (χ3n) is 7.12. The summed E-state index contributed by atoms with van der Waals surface area (Å²) in [6, 6.07) is 13.4. The second-order valence-corrected chi connectivity index (χ2v) is 14.5. The van der Waals surface area contributed by atoms with Crippen molar-refractivity contribution >= 4 is 46.5 Å². The van der Waals surface area contributed by atoms with Crippen molar-refractivity contribution in [2.24, 2.45) is 0 Å². The molecule has 0 spiro atoms. The number of hydrogen-bond donors (Lipinski definition) is 4. The molecule has 2 aromatic rings. The smallest absolute Gasteiger partial charge is 0.329 e. The minimum Gasteiger partial charge on any atom is -0.460 e. The van der Waals surface area contributed by atoms with Gasteiger partial charge in [0, 0.05) is 17.5 Å². The summed E-state index contributed by atoms with van der Waals surface area (Å²) < 4.78 is 22.7. The van der Waals surface area contributed by atoms with Crippen molar-refractivity contribution in [2.45, 2.75) is 89.9 Å². The quantitative estimate of drug-likeness (QED) is 0.129. The van der Waals surface area contributed by atoms with Crippen LogP contribution in [0.15, 0.2) is 54.6 Å². The average molecular weight is 713 g/mol. The van der Waals surface area contributed by atoms with E-state index in [0.717, 1.165) is 5.56 Å². The molecule has 1 aliphatic rings. The van der Waals surface area contributed by atoms with Gasteiger partial charge < -0.3 is 34.9 Å². The first-order valence-corrected chi connectivity index (χ1v) is 17.5. The molecule has 3 amide bonds.